The fourth-order valence-corrected chi connectivity index (χ4v) is 4.24. The van der Waals surface area contributed by atoms with Crippen LogP contribution in [0.25, 0.3) is 10.2 Å². The second-order valence-corrected chi connectivity index (χ2v) is 7.56. The maximum Gasteiger partial charge on any atom is 0.184 e. The largest absolute Gasteiger partial charge is 0.354 e. The molecule has 3 aromatic rings. The number of anilines is 1. The molecule has 1 aromatic carbocycles. The molecule has 20 heavy (non-hydrogen) atoms. The minimum absolute atomic E-state index is 0.365. The van der Waals surface area contributed by atoms with E-state index in [0.29, 0.717) is 6.04 Å². The number of nitrogens with one attached hydrogen (secondary N) is 1. The van der Waals surface area contributed by atoms with Crippen LogP contribution in [0.5, 0.6) is 0 Å². The summed E-state index contributed by atoms with van der Waals surface area (Å²) in [6.45, 7) is 2.22. The lowest BCUT2D eigenvalue weighted by atomic mass is 10.1. The van der Waals surface area contributed by atoms with E-state index in [1.807, 2.05) is 0 Å². The number of halogens is 1. The number of aromatic nitrogens is 1. The zero-order valence-corrected chi connectivity index (χ0v) is 14.3. The molecule has 0 aliphatic rings. The van der Waals surface area contributed by atoms with Crippen molar-refractivity contribution in [3.05, 3.63) is 45.1 Å². The standard InChI is InChI=1S/C15H15BrN2S2/c1-2-4-11(13-5-3-8-19-13)17-15-18-12-9-10(16)6-7-14(12)20-15/h3,5-9,11H,2,4H2,1H3,(H,17,18). The highest BCUT2D eigenvalue weighted by Crippen LogP contribution is 2.33. The molecular formula is C15H15BrN2S2. The Morgan fingerprint density at radius 3 is 3.00 bits per heavy atom. The summed E-state index contributed by atoms with van der Waals surface area (Å²) in [6.07, 6.45) is 2.28. The Labute approximate surface area is 135 Å². The van der Waals surface area contributed by atoms with Crippen molar-refractivity contribution in [1.82, 2.24) is 4.98 Å². The topological polar surface area (TPSA) is 24.9 Å². The van der Waals surface area contributed by atoms with Gasteiger partial charge in [-0.2, -0.15) is 0 Å². The molecule has 0 amide bonds. The molecule has 1 N–H and O–H groups in total. The number of thiophene rings is 1. The van der Waals surface area contributed by atoms with Crippen LogP contribution in [0.2, 0.25) is 0 Å². The van der Waals surface area contributed by atoms with Gasteiger partial charge in [-0.05, 0) is 36.1 Å². The van der Waals surface area contributed by atoms with Crippen LogP contribution in [0, 0.1) is 0 Å². The number of hydrogen-bond donors (Lipinski definition) is 1. The van der Waals surface area contributed by atoms with Crippen LogP contribution in [0.15, 0.2) is 40.2 Å². The zero-order valence-electron chi connectivity index (χ0n) is 11.1. The van der Waals surface area contributed by atoms with Crippen molar-refractivity contribution >= 4 is 54.0 Å². The number of benzene rings is 1. The van der Waals surface area contributed by atoms with E-state index >= 15 is 0 Å². The molecular weight excluding hydrogens is 352 g/mol. The second kappa shape index (κ2) is 6.24. The lowest BCUT2D eigenvalue weighted by Crippen LogP contribution is -2.08. The molecule has 3 rings (SSSR count). The van der Waals surface area contributed by atoms with E-state index in [2.05, 4.69) is 68.9 Å². The van der Waals surface area contributed by atoms with Gasteiger partial charge in [0.2, 0.25) is 0 Å². The summed E-state index contributed by atoms with van der Waals surface area (Å²) >= 11 is 7.02. The van der Waals surface area contributed by atoms with Crippen molar-refractivity contribution in [2.45, 2.75) is 25.8 Å². The van der Waals surface area contributed by atoms with Gasteiger partial charge in [0.15, 0.2) is 5.13 Å². The van der Waals surface area contributed by atoms with Gasteiger partial charge < -0.3 is 5.32 Å². The molecule has 0 radical (unpaired) electrons. The van der Waals surface area contributed by atoms with Crippen molar-refractivity contribution in [2.24, 2.45) is 0 Å². The summed E-state index contributed by atoms with van der Waals surface area (Å²) in [5.41, 5.74) is 1.05. The first-order valence-corrected chi connectivity index (χ1v) is 9.11. The average molecular weight is 367 g/mol. The van der Waals surface area contributed by atoms with Gasteiger partial charge in [-0.3, -0.25) is 0 Å². The van der Waals surface area contributed by atoms with Gasteiger partial charge in [0.1, 0.15) is 0 Å². The minimum atomic E-state index is 0.365. The number of hydrogen-bond acceptors (Lipinski definition) is 4. The second-order valence-electron chi connectivity index (χ2n) is 4.63. The Kier molecular flexibility index (Phi) is 4.38. The first-order chi connectivity index (χ1) is 9.76. The monoisotopic (exact) mass is 366 g/mol. The van der Waals surface area contributed by atoms with E-state index in [9.17, 15) is 0 Å². The van der Waals surface area contributed by atoms with E-state index in [1.165, 1.54) is 9.58 Å². The Hall–Kier alpha value is -0.910. The number of nitrogens with zero attached hydrogens (tertiary/aromatic N) is 1. The minimum Gasteiger partial charge on any atom is -0.354 e. The van der Waals surface area contributed by atoms with Crippen LogP contribution in [0.3, 0.4) is 0 Å². The molecule has 2 nitrogen and oxygen atoms in total. The van der Waals surface area contributed by atoms with E-state index in [1.54, 1.807) is 22.7 Å². The number of fused-ring (bicyclic) bond motifs is 1. The van der Waals surface area contributed by atoms with Crippen LogP contribution < -0.4 is 5.32 Å². The van der Waals surface area contributed by atoms with Gasteiger partial charge in [0, 0.05) is 9.35 Å². The molecule has 0 bridgehead atoms. The highest BCUT2D eigenvalue weighted by atomic mass is 79.9. The highest BCUT2D eigenvalue weighted by molar-refractivity contribution is 9.10. The molecule has 0 aliphatic carbocycles. The van der Waals surface area contributed by atoms with Crippen LogP contribution in [0.4, 0.5) is 5.13 Å². The van der Waals surface area contributed by atoms with Crippen molar-refractivity contribution in [1.29, 1.82) is 0 Å². The third kappa shape index (κ3) is 3.05. The van der Waals surface area contributed by atoms with Crippen molar-refractivity contribution in [3.8, 4) is 0 Å². The molecule has 0 aliphatic heterocycles. The van der Waals surface area contributed by atoms with E-state index in [0.717, 1.165) is 28.0 Å². The maximum atomic E-state index is 4.69. The first-order valence-electron chi connectivity index (χ1n) is 6.62. The summed E-state index contributed by atoms with van der Waals surface area (Å²) in [6, 6.07) is 10.9. The number of rotatable bonds is 5. The molecule has 2 heterocycles. The molecule has 104 valence electrons. The summed E-state index contributed by atoms with van der Waals surface area (Å²) in [7, 11) is 0. The van der Waals surface area contributed by atoms with Gasteiger partial charge in [-0.1, -0.05) is 46.7 Å². The summed E-state index contributed by atoms with van der Waals surface area (Å²) in [4.78, 5) is 6.07. The van der Waals surface area contributed by atoms with Crippen LogP contribution >= 0.6 is 38.6 Å². The van der Waals surface area contributed by atoms with Crippen LogP contribution in [-0.2, 0) is 0 Å². The molecule has 2 aromatic heterocycles. The molecule has 1 atom stereocenters. The Bertz CT molecular complexity index is 691. The van der Waals surface area contributed by atoms with Gasteiger partial charge in [-0.25, -0.2) is 4.98 Å². The lowest BCUT2D eigenvalue weighted by Gasteiger charge is -2.15. The Balaban J connectivity index is 1.86. The molecule has 0 fully saturated rings. The third-order valence-electron chi connectivity index (χ3n) is 3.11. The van der Waals surface area contributed by atoms with E-state index in [4.69, 9.17) is 0 Å². The first kappa shape index (κ1) is 14.0. The summed E-state index contributed by atoms with van der Waals surface area (Å²) in [5, 5.41) is 6.73. The molecule has 0 spiro atoms. The van der Waals surface area contributed by atoms with E-state index < -0.39 is 0 Å². The smallest absolute Gasteiger partial charge is 0.184 e. The van der Waals surface area contributed by atoms with Crippen LogP contribution in [0.1, 0.15) is 30.7 Å². The summed E-state index contributed by atoms with van der Waals surface area (Å²) in [5.74, 6) is 0. The normalized spacial score (nSPS) is 12.7. The fraction of sp³-hybridized carbons (Fsp3) is 0.267. The van der Waals surface area contributed by atoms with Gasteiger partial charge >= 0.3 is 0 Å². The van der Waals surface area contributed by atoms with Gasteiger partial charge in [0.25, 0.3) is 0 Å². The molecule has 0 saturated carbocycles. The molecule has 5 heteroatoms. The Morgan fingerprint density at radius 2 is 2.25 bits per heavy atom. The van der Waals surface area contributed by atoms with Crippen molar-refractivity contribution in [3.63, 3.8) is 0 Å². The highest BCUT2D eigenvalue weighted by Gasteiger charge is 2.14. The predicted octanol–water partition coefficient (Wildman–Crippen LogP) is 6.07. The van der Waals surface area contributed by atoms with Crippen molar-refractivity contribution < 1.29 is 0 Å². The third-order valence-corrected chi connectivity index (χ3v) is 5.56. The SMILES string of the molecule is CCCC(Nc1nc2cc(Br)ccc2s1)c1cccs1. The van der Waals surface area contributed by atoms with E-state index in [-0.39, 0.29) is 0 Å². The average Bonchev–Trinajstić information content (AvgIpc) is 3.06. The van der Waals surface area contributed by atoms with Crippen molar-refractivity contribution in [2.75, 3.05) is 5.32 Å². The number of thiazole rings is 1. The fourth-order valence-electron chi connectivity index (χ4n) is 2.18. The quantitative estimate of drug-likeness (QED) is 0.592. The zero-order chi connectivity index (χ0) is 13.9. The molecule has 0 saturated heterocycles. The van der Waals surface area contributed by atoms with Gasteiger partial charge in [-0.15, -0.1) is 11.3 Å². The van der Waals surface area contributed by atoms with Crippen LogP contribution in [-0.4, -0.2) is 4.98 Å². The summed E-state index contributed by atoms with van der Waals surface area (Å²) < 4.78 is 2.29. The predicted molar refractivity (Wildman–Crippen MR) is 92.9 cm³/mol. The maximum absolute atomic E-state index is 4.69. The lowest BCUT2D eigenvalue weighted by molar-refractivity contribution is 0.687. The Morgan fingerprint density at radius 1 is 1.35 bits per heavy atom. The van der Waals surface area contributed by atoms with Gasteiger partial charge in [0.05, 0.1) is 16.3 Å². The molecule has 1 unspecified atom stereocenters.